The molecule has 0 fully saturated rings. The molecule has 0 saturated carbocycles. The maximum absolute atomic E-state index is 13.0. The summed E-state index contributed by atoms with van der Waals surface area (Å²) >= 11 is 0.965. The van der Waals surface area contributed by atoms with Crippen molar-refractivity contribution in [1.82, 2.24) is 9.55 Å². The largest absolute Gasteiger partial charge is 0.477 e. The van der Waals surface area contributed by atoms with Crippen LogP contribution in [-0.2, 0) is 17.7 Å². The van der Waals surface area contributed by atoms with Crippen LogP contribution in [0.2, 0.25) is 0 Å². The number of methoxy groups -OCH3 is 1. The first kappa shape index (κ1) is 19.6. The second-order valence-corrected chi connectivity index (χ2v) is 7.12. The summed E-state index contributed by atoms with van der Waals surface area (Å²) in [7, 11) is 1.52. The van der Waals surface area contributed by atoms with Crippen molar-refractivity contribution in [2.45, 2.75) is 19.9 Å². The lowest BCUT2D eigenvalue weighted by Crippen LogP contribution is -2.27. The third-order valence-electron chi connectivity index (χ3n) is 4.35. The summed E-state index contributed by atoms with van der Waals surface area (Å²) < 4.78 is 6.55. The predicted molar refractivity (Wildman–Crippen MR) is 103 cm³/mol. The Bertz CT molecular complexity index is 1120. The van der Waals surface area contributed by atoms with Gasteiger partial charge in [-0.15, -0.1) is 11.3 Å². The number of rotatable bonds is 7. The van der Waals surface area contributed by atoms with Crippen LogP contribution in [0.5, 0.6) is 0 Å². The predicted octanol–water partition coefficient (Wildman–Crippen LogP) is 2.61. The van der Waals surface area contributed by atoms with Crippen LogP contribution >= 0.6 is 11.3 Å². The van der Waals surface area contributed by atoms with E-state index in [4.69, 9.17) is 4.74 Å². The van der Waals surface area contributed by atoms with Crippen molar-refractivity contribution >= 4 is 33.2 Å². The number of fused-ring (bicyclic) bond motifs is 1. The van der Waals surface area contributed by atoms with E-state index in [0.717, 1.165) is 16.9 Å². The summed E-state index contributed by atoms with van der Waals surface area (Å²) in [6.45, 7) is 2.15. The lowest BCUT2D eigenvalue weighted by Gasteiger charge is -2.12. The first-order valence-electron chi connectivity index (χ1n) is 8.31. The highest BCUT2D eigenvalue weighted by Crippen LogP contribution is 2.28. The second kappa shape index (κ2) is 7.87. The van der Waals surface area contributed by atoms with Gasteiger partial charge in [-0.05, 0) is 18.1 Å². The fraction of sp³-hybridized carbons (Fsp3) is 0.278. The molecule has 10 heteroatoms. The van der Waals surface area contributed by atoms with Crippen molar-refractivity contribution in [3.63, 3.8) is 0 Å². The molecular weight excluding hydrogens is 386 g/mol. The van der Waals surface area contributed by atoms with Crippen molar-refractivity contribution in [1.29, 1.82) is 0 Å². The van der Waals surface area contributed by atoms with Crippen LogP contribution in [0.1, 0.15) is 26.6 Å². The summed E-state index contributed by atoms with van der Waals surface area (Å²) in [5, 5.41) is 20.5. The van der Waals surface area contributed by atoms with Gasteiger partial charge in [-0.25, -0.2) is 9.78 Å². The van der Waals surface area contributed by atoms with Crippen LogP contribution in [0.3, 0.4) is 0 Å². The molecular formula is C18H17N3O6S. The van der Waals surface area contributed by atoms with Crippen LogP contribution in [0.4, 0.5) is 5.69 Å². The molecule has 2 aromatic heterocycles. The number of benzene rings is 1. The molecule has 3 aromatic rings. The van der Waals surface area contributed by atoms with Gasteiger partial charge in [-0.1, -0.05) is 12.1 Å². The number of carboxylic acids is 1. The number of aryl methyl sites for hydroxylation is 1. The van der Waals surface area contributed by atoms with Crippen LogP contribution in [-0.4, -0.2) is 39.3 Å². The zero-order valence-electron chi connectivity index (χ0n) is 15.2. The number of aromatic nitrogens is 2. The Morgan fingerprint density at radius 1 is 1.36 bits per heavy atom. The maximum Gasteiger partial charge on any atom is 0.346 e. The third kappa shape index (κ3) is 3.64. The average Bonchev–Trinajstić information content (AvgIpc) is 2.99. The number of hydrogen-bond acceptors (Lipinski definition) is 7. The monoisotopic (exact) mass is 403 g/mol. The van der Waals surface area contributed by atoms with Crippen molar-refractivity contribution < 1.29 is 19.6 Å². The van der Waals surface area contributed by atoms with E-state index in [2.05, 4.69) is 4.98 Å². The van der Waals surface area contributed by atoms with E-state index in [-0.39, 0.29) is 35.7 Å². The highest BCUT2D eigenvalue weighted by Gasteiger charge is 2.21. The molecule has 9 nitrogen and oxygen atoms in total. The first-order chi connectivity index (χ1) is 13.3. The maximum atomic E-state index is 13.0. The van der Waals surface area contributed by atoms with E-state index in [1.54, 1.807) is 19.1 Å². The number of hydrogen-bond donors (Lipinski definition) is 1. The Hall–Kier alpha value is -3.11. The third-order valence-corrected chi connectivity index (χ3v) is 5.53. The quantitative estimate of drug-likeness (QED) is 0.475. The highest BCUT2D eigenvalue weighted by molar-refractivity contribution is 7.20. The number of ether oxygens (including phenoxy) is 1. The van der Waals surface area contributed by atoms with Crippen LogP contribution in [0, 0.1) is 17.0 Å². The van der Waals surface area contributed by atoms with Gasteiger partial charge in [0.05, 0.1) is 23.5 Å². The van der Waals surface area contributed by atoms with Crippen molar-refractivity contribution in [2.75, 3.05) is 13.7 Å². The topological polar surface area (TPSA) is 125 Å². The molecule has 1 aromatic carbocycles. The molecule has 0 aliphatic carbocycles. The minimum atomic E-state index is -1.10. The molecule has 1 N–H and O–H groups in total. The van der Waals surface area contributed by atoms with Gasteiger partial charge < -0.3 is 9.84 Å². The lowest BCUT2D eigenvalue weighted by atomic mass is 10.1. The normalized spacial score (nSPS) is 11.1. The summed E-state index contributed by atoms with van der Waals surface area (Å²) in [6, 6.07) is 6.00. The Morgan fingerprint density at radius 2 is 2.04 bits per heavy atom. The minimum absolute atomic E-state index is 0.0242. The molecule has 0 amide bonds. The molecule has 0 unspecified atom stereocenters. The zero-order valence-corrected chi connectivity index (χ0v) is 16.0. The lowest BCUT2D eigenvalue weighted by molar-refractivity contribution is -0.384. The molecule has 0 atom stereocenters. The molecule has 0 saturated heterocycles. The van der Waals surface area contributed by atoms with E-state index in [0.29, 0.717) is 21.6 Å². The number of non-ortho nitro benzene ring substituents is 1. The standard InChI is InChI=1S/C18H17N3O6S/c1-10-14-16(28-15(10)18(23)24)19-13(20(17(14)22)7-8-27-2)9-11-3-5-12(6-4-11)21(25)26/h3-6H,7-9H2,1-2H3,(H,23,24). The highest BCUT2D eigenvalue weighted by atomic mass is 32.1. The number of nitro groups is 1. The number of nitrogens with zero attached hydrogens (tertiary/aromatic N) is 3. The number of carboxylic acid groups (broad SMARTS) is 1. The molecule has 0 radical (unpaired) electrons. The average molecular weight is 403 g/mol. The van der Waals surface area contributed by atoms with Gasteiger partial charge in [-0.2, -0.15) is 0 Å². The molecule has 0 aliphatic rings. The van der Waals surface area contributed by atoms with E-state index < -0.39 is 10.9 Å². The van der Waals surface area contributed by atoms with Crippen LogP contribution in [0.25, 0.3) is 10.2 Å². The SMILES string of the molecule is COCCn1c(Cc2ccc([N+](=O)[O-])cc2)nc2sc(C(=O)O)c(C)c2c1=O. The number of thiophene rings is 1. The Kier molecular flexibility index (Phi) is 5.52. The van der Waals surface area contributed by atoms with E-state index in [1.807, 2.05) is 0 Å². The van der Waals surface area contributed by atoms with Gasteiger partial charge in [0.15, 0.2) is 0 Å². The van der Waals surface area contributed by atoms with Gasteiger partial charge in [0.2, 0.25) is 0 Å². The van der Waals surface area contributed by atoms with Gasteiger partial charge in [-0.3, -0.25) is 19.5 Å². The number of nitro benzene ring substituents is 1. The fourth-order valence-corrected chi connectivity index (χ4v) is 3.96. The summed E-state index contributed by atoms with van der Waals surface area (Å²) in [5.41, 5.74) is 0.803. The van der Waals surface area contributed by atoms with E-state index in [9.17, 15) is 24.8 Å². The molecule has 2 heterocycles. The molecule has 3 rings (SSSR count). The van der Waals surface area contributed by atoms with E-state index in [1.165, 1.54) is 23.8 Å². The first-order valence-corrected chi connectivity index (χ1v) is 9.13. The summed E-state index contributed by atoms with van der Waals surface area (Å²) in [6.07, 6.45) is 0.270. The molecule has 28 heavy (non-hydrogen) atoms. The van der Waals surface area contributed by atoms with Gasteiger partial charge >= 0.3 is 5.97 Å². The van der Waals surface area contributed by atoms with Gasteiger partial charge in [0.25, 0.3) is 11.2 Å². The van der Waals surface area contributed by atoms with Crippen molar-refractivity contribution in [3.05, 3.63) is 66.6 Å². The van der Waals surface area contributed by atoms with Crippen LogP contribution in [0.15, 0.2) is 29.1 Å². The summed E-state index contributed by atoms with van der Waals surface area (Å²) in [4.78, 5) is 39.8. The summed E-state index contributed by atoms with van der Waals surface area (Å²) in [5.74, 6) is -0.651. The Balaban J connectivity index is 2.12. The molecule has 0 spiro atoms. The van der Waals surface area contributed by atoms with Crippen molar-refractivity contribution in [3.8, 4) is 0 Å². The molecule has 146 valence electrons. The van der Waals surface area contributed by atoms with Crippen LogP contribution < -0.4 is 5.56 Å². The Labute approximate surface area is 163 Å². The fourth-order valence-electron chi connectivity index (χ4n) is 2.93. The van der Waals surface area contributed by atoms with Gasteiger partial charge in [0.1, 0.15) is 15.5 Å². The van der Waals surface area contributed by atoms with Gasteiger partial charge in [0, 0.05) is 25.7 Å². The number of carbonyl (C=O) groups is 1. The van der Waals surface area contributed by atoms with Crippen molar-refractivity contribution in [2.24, 2.45) is 0 Å². The zero-order chi connectivity index (χ0) is 20.4. The van der Waals surface area contributed by atoms with E-state index >= 15 is 0 Å². The molecule has 0 bridgehead atoms. The minimum Gasteiger partial charge on any atom is -0.477 e. The second-order valence-electron chi connectivity index (χ2n) is 6.12. The number of aromatic carboxylic acids is 1. The smallest absolute Gasteiger partial charge is 0.346 e. The Morgan fingerprint density at radius 3 is 2.61 bits per heavy atom. The molecule has 0 aliphatic heterocycles.